The van der Waals surface area contributed by atoms with Gasteiger partial charge in [-0.05, 0) is 6.42 Å². The van der Waals surface area contributed by atoms with Gasteiger partial charge in [-0.25, -0.2) is 9.97 Å². The number of carbonyl (C=O) groups is 1. The maximum atomic E-state index is 11.5. The van der Waals surface area contributed by atoms with E-state index in [0.717, 1.165) is 17.5 Å². The molecule has 1 atom stereocenters. The Hall–Kier alpha value is -3.87. The molecule has 0 spiro atoms. The number of methoxy groups -OCH3 is 2. The van der Waals surface area contributed by atoms with Crippen molar-refractivity contribution in [2.24, 2.45) is 0 Å². The molecule has 13 heteroatoms. The summed E-state index contributed by atoms with van der Waals surface area (Å²) in [6.45, 7) is 2.81. The molecule has 2 fully saturated rings. The van der Waals surface area contributed by atoms with E-state index in [0.29, 0.717) is 94.9 Å². The average molecular weight is 651 g/mol. The molecule has 0 radical (unpaired) electrons. The minimum absolute atomic E-state index is 0.0824. The number of aliphatic hydroxyl groups is 1. The summed E-state index contributed by atoms with van der Waals surface area (Å²) in [5.41, 5.74) is 5.26. The first kappa shape index (κ1) is 31.1. The first-order chi connectivity index (χ1) is 21.8. The van der Waals surface area contributed by atoms with Gasteiger partial charge in [0.15, 0.2) is 0 Å². The second-order valence-electron chi connectivity index (χ2n) is 11.0. The van der Waals surface area contributed by atoms with Gasteiger partial charge in [-0.1, -0.05) is 59.6 Å². The number of aromatic nitrogens is 4. The van der Waals surface area contributed by atoms with Crippen molar-refractivity contribution in [2.75, 3.05) is 33.9 Å². The molecule has 11 nitrogen and oxygen atoms in total. The molecule has 1 amide bonds. The van der Waals surface area contributed by atoms with Gasteiger partial charge in [-0.2, -0.15) is 0 Å². The fourth-order valence-electron chi connectivity index (χ4n) is 5.56. The topological polar surface area (TPSA) is 135 Å². The number of hydrogen-bond acceptors (Lipinski definition) is 10. The Balaban J connectivity index is 1.24. The van der Waals surface area contributed by atoms with Gasteiger partial charge in [0.1, 0.15) is 11.4 Å². The summed E-state index contributed by atoms with van der Waals surface area (Å²) in [6, 6.07) is 11.5. The summed E-state index contributed by atoms with van der Waals surface area (Å²) in [4.78, 5) is 32.2. The van der Waals surface area contributed by atoms with E-state index in [9.17, 15) is 9.90 Å². The van der Waals surface area contributed by atoms with Crippen molar-refractivity contribution < 1.29 is 19.4 Å². The zero-order valence-corrected chi connectivity index (χ0v) is 26.4. The van der Waals surface area contributed by atoms with Gasteiger partial charge in [0.25, 0.3) is 0 Å². The highest BCUT2D eigenvalue weighted by Gasteiger charge is 2.26. The average Bonchev–Trinajstić information content (AvgIpc) is 3.45. The van der Waals surface area contributed by atoms with Crippen LogP contribution in [0.3, 0.4) is 0 Å². The van der Waals surface area contributed by atoms with Crippen molar-refractivity contribution >= 4 is 29.1 Å². The van der Waals surface area contributed by atoms with Crippen LogP contribution in [0.2, 0.25) is 10.0 Å². The lowest BCUT2D eigenvalue weighted by Crippen LogP contribution is -2.50. The van der Waals surface area contributed by atoms with Crippen molar-refractivity contribution in [1.29, 1.82) is 0 Å². The molecule has 2 aromatic heterocycles. The lowest BCUT2D eigenvalue weighted by Gasteiger charge is -2.35. The van der Waals surface area contributed by atoms with Gasteiger partial charge >= 0.3 is 0 Å². The van der Waals surface area contributed by atoms with Gasteiger partial charge in [-0.15, -0.1) is 0 Å². The Labute approximate surface area is 270 Å². The first-order valence-electron chi connectivity index (χ1n) is 14.6. The normalized spacial score (nSPS) is 16.8. The van der Waals surface area contributed by atoms with E-state index in [1.165, 1.54) is 0 Å². The number of benzene rings is 2. The number of carbonyl (C=O) groups excluding carboxylic acids is 1. The summed E-state index contributed by atoms with van der Waals surface area (Å²) < 4.78 is 11.1. The third kappa shape index (κ3) is 6.73. The van der Waals surface area contributed by atoms with Crippen LogP contribution in [-0.4, -0.2) is 81.8 Å². The summed E-state index contributed by atoms with van der Waals surface area (Å²) in [7, 11) is 3.11. The van der Waals surface area contributed by atoms with Crippen molar-refractivity contribution in [3.63, 3.8) is 0 Å². The quantitative estimate of drug-likeness (QED) is 0.218. The molecule has 2 aromatic carbocycles. The Morgan fingerprint density at radius 1 is 0.911 bits per heavy atom. The van der Waals surface area contributed by atoms with Crippen molar-refractivity contribution in [3.8, 4) is 45.4 Å². The van der Waals surface area contributed by atoms with Gasteiger partial charge in [0, 0.05) is 67.4 Å². The Morgan fingerprint density at radius 3 is 2.00 bits per heavy atom. The summed E-state index contributed by atoms with van der Waals surface area (Å²) in [6.07, 6.45) is 4.42. The van der Waals surface area contributed by atoms with Gasteiger partial charge in [0.05, 0.1) is 54.2 Å². The number of amides is 1. The zero-order valence-electron chi connectivity index (χ0n) is 24.9. The van der Waals surface area contributed by atoms with Gasteiger partial charge in [0.2, 0.25) is 17.7 Å². The number of halogens is 2. The molecule has 2 aliphatic rings. The van der Waals surface area contributed by atoms with Crippen LogP contribution < -0.4 is 20.1 Å². The number of hydrogen-bond donors (Lipinski definition) is 3. The smallest absolute Gasteiger partial charge is 0.237 e. The molecule has 45 heavy (non-hydrogen) atoms. The first-order valence-corrected chi connectivity index (χ1v) is 15.4. The molecule has 6 rings (SSSR count). The predicted molar refractivity (Wildman–Crippen MR) is 171 cm³/mol. The number of nitrogens with zero attached hydrogens (tertiary/aromatic N) is 5. The highest BCUT2D eigenvalue weighted by Crippen LogP contribution is 2.42. The molecule has 1 unspecified atom stereocenters. The Bertz CT molecular complexity index is 1720. The Kier molecular flexibility index (Phi) is 9.43. The van der Waals surface area contributed by atoms with Crippen LogP contribution in [0.15, 0.2) is 48.8 Å². The van der Waals surface area contributed by atoms with Crippen LogP contribution in [0.1, 0.15) is 24.2 Å². The summed E-state index contributed by atoms with van der Waals surface area (Å²) >= 11 is 14.0. The van der Waals surface area contributed by atoms with Crippen molar-refractivity contribution in [1.82, 2.24) is 35.5 Å². The molecular weight excluding hydrogens is 617 g/mol. The third-order valence-electron chi connectivity index (χ3n) is 7.93. The van der Waals surface area contributed by atoms with E-state index >= 15 is 0 Å². The lowest BCUT2D eigenvalue weighted by molar-refractivity contribution is -0.119. The second kappa shape index (κ2) is 13.6. The molecule has 0 aliphatic carbocycles. The maximum absolute atomic E-state index is 11.5. The van der Waals surface area contributed by atoms with Gasteiger partial charge < -0.3 is 25.2 Å². The molecule has 4 heterocycles. The number of nitrogens with one attached hydrogen (secondary N) is 2. The lowest BCUT2D eigenvalue weighted by atomic mass is 9.98. The molecule has 3 N–H and O–H groups in total. The molecular formula is C32H33Cl2N7O4. The molecule has 0 bridgehead atoms. The van der Waals surface area contributed by atoms with Crippen LogP contribution in [0.5, 0.6) is 11.8 Å². The molecule has 2 aliphatic heterocycles. The minimum atomic E-state index is -0.301. The summed E-state index contributed by atoms with van der Waals surface area (Å²) in [5.74, 6) is 0.879. The van der Waals surface area contributed by atoms with Crippen molar-refractivity contribution in [3.05, 3.63) is 70.2 Å². The number of likely N-dealkylation sites (tertiary alicyclic amines) is 1. The third-order valence-corrected chi connectivity index (χ3v) is 8.74. The Morgan fingerprint density at radius 2 is 1.47 bits per heavy atom. The van der Waals surface area contributed by atoms with Crippen LogP contribution in [0.4, 0.5) is 0 Å². The van der Waals surface area contributed by atoms with Gasteiger partial charge in [-0.3, -0.25) is 19.7 Å². The number of rotatable bonds is 11. The van der Waals surface area contributed by atoms with Crippen molar-refractivity contribution in [2.45, 2.75) is 38.1 Å². The number of β-amino-alcohol motifs (C(OH)–C–C–N with tert-alkyl or cyclic N) is 1. The molecule has 234 valence electrons. The minimum Gasteiger partial charge on any atom is -0.480 e. The SMILES string of the molecule is COc1nc(-c2cccc(-c3cccc(-c4cnc(CN5CC(O)C5)c(OC)n4)c3Cl)c2Cl)cnc1CNCC1CCC(=O)N1. The van der Waals surface area contributed by atoms with E-state index in [1.807, 2.05) is 36.4 Å². The van der Waals surface area contributed by atoms with E-state index < -0.39 is 0 Å². The van der Waals surface area contributed by atoms with E-state index in [4.69, 9.17) is 42.6 Å². The second-order valence-corrected chi connectivity index (χ2v) is 11.8. The predicted octanol–water partition coefficient (Wildman–Crippen LogP) is 4.14. The molecule has 0 saturated carbocycles. The number of aliphatic hydroxyl groups excluding tert-OH is 1. The van der Waals surface area contributed by atoms with E-state index in [2.05, 4.69) is 25.5 Å². The number of ether oxygens (including phenoxy) is 2. The molecule has 2 saturated heterocycles. The highest BCUT2D eigenvalue weighted by atomic mass is 35.5. The highest BCUT2D eigenvalue weighted by molar-refractivity contribution is 6.39. The fourth-order valence-corrected chi connectivity index (χ4v) is 6.21. The monoisotopic (exact) mass is 649 g/mol. The standard InChI is InChI=1S/C32H33Cl2N7O4/c1-44-31-26(12-35-11-18-9-10-28(43)38-18)36-13-24(39-31)22-7-3-5-20(29(22)33)21-6-4-8-23(30(21)34)25-14-37-27(32(40-25)45-2)17-41-15-19(42)16-41/h3-8,13-14,18-19,35,42H,9-12,15-17H2,1-2H3,(H,38,43). The van der Waals surface area contributed by atoms with Crippen LogP contribution in [0, 0.1) is 0 Å². The van der Waals surface area contributed by atoms with E-state index in [-0.39, 0.29) is 18.1 Å². The maximum Gasteiger partial charge on any atom is 0.237 e. The van der Waals surface area contributed by atoms with E-state index in [1.54, 1.807) is 26.6 Å². The van der Waals surface area contributed by atoms with Crippen LogP contribution in [0.25, 0.3) is 33.6 Å². The zero-order chi connectivity index (χ0) is 31.5. The van der Waals surface area contributed by atoms with Crippen LogP contribution >= 0.6 is 23.2 Å². The largest absolute Gasteiger partial charge is 0.480 e. The summed E-state index contributed by atoms with van der Waals surface area (Å²) in [5, 5.41) is 16.8. The molecule has 4 aromatic rings. The van der Waals surface area contributed by atoms with Crippen LogP contribution in [-0.2, 0) is 17.9 Å². The fraction of sp³-hybridized carbons (Fsp3) is 0.344.